The van der Waals surface area contributed by atoms with Gasteiger partial charge in [0, 0.05) is 32.7 Å². The smallest absolute Gasteiger partial charge is 0.257 e. The van der Waals surface area contributed by atoms with Crippen LogP contribution in [-0.2, 0) is 19.5 Å². The summed E-state index contributed by atoms with van der Waals surface area (Å²) in [5.41, 5.74) is 4.47. The Morgan fingerprint density at radius 1 is 1.06 bits per heavy atom. The number of β-amino-alcohol motifs (C(OH)–C–C–N with tert-alkyl or cyclic N) is 1. The maximum Gasteiger partial charge on any atom is 0.257 e. The summed E-state index contributed by atoms with van der Waals surface area (Å²) in [6.07, 6.45) is 0.412. The Morgan fingerprint density at radius 3 is 2.62 bits per heavy atom. The third kappa shape index (κ3) is 5.31. The average Bonchev–Trinajstić information content (AvgIpc) is 2.95. The lowest BCUT2D eigenvalue weighted by atomic mass is 10.00. The normalized spacial score (nSPS) is 17.5. The average molecular weight is 438 g/mol. The number of aliphatic hydroxyl groups excluding tert-OH is 1. The van der Waals surface area contributed by atoms with Crippen molar-refractivity contribution in [2.24, 2.45) is 0 Å². The van der Waals surface area contributed by atoms with E-state index in [1.807, 2.05) is 18.2 Å². The summed E-state index contributed by atoms with van der Waals surface area (Å²) in [4.78, 5) is 19.5. The van der Waals surface area contributed by atoms with E-state index in [2.05, 4.69) is 47.9 Å². The van der Waals surface area contributed by atoms with E-state index in [0.29, 0.717) is 37.6 Å². The first-order chi connectivity index (χ1) is 15.6. The number of rotatable bonds is 8. The van der Waals surface area contributed by atoms with Gasteiger partial charge in [-0.3, -0.25) is 14.6 Å². The Labute approximate surface area is 191 Å². The first-order valence-electron chi connectivity index (χ1n) is 11.8. The van der Waals surface area contributed by atoms with Crippen LogP contribution >= 0.6 is 0 Å². The van der Waals surface area contributed by atoms with Crippen molar-refractivity contribution in [3.05, 3.63) is 64.7 Å². The number of aliphatic hydroxyl groups is 1. The van der Waals surface area contributed by atoms with Gasteiger partial charge in [-0.05, 0) is 48.3 Å². The highest BCUT2D eigenvalue weighted by atomic mass is 16.5. The molecule has 2 heterocycles. The van der Waals surface area contributed by atoms with Gasteiger partial charge >= 0.3 is 0 Å². The van der Waals surface area contributed by atoms with Gasteiger partial charge in [-0.2, -0.15) is 0 Å². The maximum atomic E-state index is 13.2. The fourth-order valence-corrected chi connectivity index (χ4v) is 4.70. The number of fused-ring (bicyclic) bond motifs is 2. The Kier molecular flexibility index (Phi) is 7.45. The number of amides is 1. The van der Waals surface area contributed by atoms with Crippen molar-refractivity contribution in [2.45, 2.75) is 39.5 Å². The zero-order chi connectivity index (χ0) is 22.5. The summed E-state index contributed by atoms with van der Waals surface area (Å²) in [5, 5.41) is 10.8. The molecular formula is C26H35N3O3. The molecule has 2 aromatic rings. The first kappa shape index (κ1) is 22.8. The van der Waals surface area contributed by atoms with E-state index in [4.69, 9.17) is 4.74 Å². The van der Waals surface area contributed by atoms with Crippen molar-refractivity contribution < 1.29 is 14.6 Å². The second-order valence-corrected chi connectivity index (χ2v) is 8.80. The number of ether oxygens (including phenoxy) is 1. The minimum Gasteiger partial charge on any atom is -0.491 e. The molecule has 1 amide bonds. The van der Waals surface area contributed by atoms with E-state index in [0.717, 1.165) is 44.7 Å². The number of carbonyl (C=O) groups is 1. The van der Waals surface area contributed by atoms with E-state index in [1.54, 1.807) is 4.90 Å². The third-order valence-electron chi connectivity index (χ3n) is 6.59. The fraction of sp³-hybridized carbons (Fsp3) is 0.500. The molecule has 0 aliphatic carbocycles. The summed E-state index contributed by atoms with van der Waals surface area (Å²) >= 11 is 0. The zero-order valence-electron chi connectivity index (χ0n) is 19.3. The van der Waals surface area contributed by atoms with Crippen LogP contribution in [0, 0.1) is 0 Å². The molecule has 0 unspecified atom stereocenters. The second-order valence-electron chi connectivity index (χ2n) is 8.80. The van der Waals surface area contributed by atoms with Crippen molar-refractivity contribution >= 4 is 5.91 Å². The van der Waals surface area contributed by atoms with Crippen molar-refractivity contribution in [1.82, 2.24) is 14.7 Å². The maximum absolute atomic E-state index is 13.2. The molecule has 0 radical (unpaired) electrons. The van der Waals surface area contributed by atoms with Crippen LogP contribution in [0.5, 0.6) is 5.75 Å². The lowest BCUT2D eigenvalue weighted by molar-refractivity contribution is 0.0501. The Morgan fingerprint density at radius 2 is 1.84 bits per heavy atom. The monoisotopic (exact) mass is 437 g/mol. The van der Waals surface area contributed by atoms with Gasteiger partial charge in [-0.25, -0.2) is 0 Å². The molecule has 0 bridgehead atoms. The van der Waals surface area contributed by atoms with E-state index >= 15 is 0 Å². The Hall–Kier alpha value is -2.41. The molecule has 0 aromatic heterocycles. The van der Waals surface area contributed by atoms with Gasteiger partial charge in [0.05, 0.1) is 18.2 Å². The van der Waals surface area contributed by atoms with E-state index < -0.39 is 6.10 Å². The van der Waals surface area contributed by atoms with Crippen LogP contribution in [0.1, 0.15) is 40.9 Å². The van der Waals surface area contributed by atoms with Crippen molar-refractivity contribution in [1.29, 1.82) is 0 Å². The van der Waals surface area contributed by atoms with Gasteiger partial charge in [0.15, 0.2) is 0 Å². The molecule has 2 aliphatic rings. The standard InChI is InChI=1S/C26H35N3O3/c1-3-27(4-2)16-20-9-10-24-25(15-20)32-14-13-29(26(24)31)19-23(30)18-28-12-11-21-7-5-6-8-22(21)17-28/h5-10,15,23,30H,3-4,11-14,16-19H2,1-2H3/t23-/m1/s1. The molecule has 2 aliphatic heterocycles. The molecule has 2 aromatic carbocycles. The highest BCUT2D eigenvalue weighted by Crippen LogP contribution is 2.26. The number of nitrogens with zero attached hydrogens (tertiary/aromatic N) is 3. The highest BCUT2D eigenvalue weighted by molar-refractivity contribution is 5.97. The zero-order valence-corrected chi connectivity index (χ0v) is 19.3. The van der Waals surface area contributed by atoms with Crippen LogP contribution in [0.15, 0.2) is 42.5 Å². The van der Waals surface area contributed by atoms with E-state index in [-0.39, 0.29) is 5.91 Å². The fourth-order valence-electron chi connectivity index (χ4n) is 4.70. The minimum absolute atomic E-state index is 0.0603. The highest BCUT2D eigenvalue weighted by Gasteiger charge is 2.27. The van der Waals surface area contributed by atoms with Gasteiger partial charge < -0.3 is 14.7 Å². The van der Waals surface area contributed by atoms with E-state index in [9.17, 15) is 9.90 Å². The first-order valence-corrected chi connectivity index (χ1v) is 11.8. The van der Waals surface area contributed by atoms with Crippen molar-refractivity contribution in [3.63, 3.8) is 0 Å². The lowest BCUT2D eigenvalue weighted by Crippen LogP contribution is -2.44. The predicted molar refractivity (Wildman–Crippen MR) is 126 cm³/mol. The topological polar surface area (TPSA) is 56.2 Å². The van der Waals surface area contributed by atoms with Gasteiger partial charge in [0.2, 0.25) is 0 Å². The molecule has 4 rings (SSSR count). The molecule has 172 valence electrons. The SMILES string of the molecule is CCN(CC)Cc1ccc2c(c1)OCCN(C[C@H](O)CN1CCc3ccccc3C1)C2=O. The van der Waals surface area contributed by atoms with Crippen molar-refractivity contribution in [2.75, 3.05) is 45.9 Å². The molecule has 0 saturated heterocycles. The third-order valence-corrected chi connectivity index (χ3v) is 6.59. The quantitative estimate of drug-likeness (QED) is 0.688. The van der Waals surface area contributed by atoms with Gasteiger partial charge in [-0.1, -0.05) is 44.2 Å². The summed E-state index contributed by atoms with van der Waals surface area (Å²) < 4.78 is 5.94. The van der Waals surface area contributed by atoms with Crippen LogP contribution < -0.4 is 4.74 Å². The van der Waals surface area contributed by atoms with Gasteiger partial charge in [0.25, 0.3) is 5.91 Å². The van der Waals surface area contributed by atoms with Crippen LogP contribution in [0.4, 0.5) is 0 Å². The Bertz CT molecular complexity index is 928. The lowest BCUT2D eigenvalue weighted by Gasteiger charge is -2.32. The van der Waals surface area contributed by atoms with Gasteiger partial charge in [0.1, 0.15) is 12.4 Å². The molecule has 6 nitrogen and oxygen atoms in total. The molecule has 6 heteroatoms. The Balaban J connectivity index is 1.37. The largest absolute Gasteiger partial charge is 0.491 e. The minimum atomic E-state index is -0.590. The summed E-state index contributed by atoms with van der Waals surface area (Å²) in [7, 11) is 0. The predicted octanol–water partition coefficient (Wildman–Crippen LogP) is 2.78. The summed E-state index contributed by atoms with van der Waals surface area (Å²) in [6.45, 7) is 10.7. The number of hydrogen-bond acceptors (Lipinski definition) is 5. The van der Waals surface area contributed by atoms with E-state index in [1.165, 1.54) is 11.1 Å². The van der Waals surface area contributed by atoms with Crippen LogP contribution in [0.25, 0.3) is 0 Å². The summed E-state index contributed by atoms with van der Waals surface area (Å²) in [6, 6.07) is 14.4. The molecule has 1 N–H and O–H groups in total. The molecular weight excluding hydrogens is 402 g/mol. The molecule has 0 fully saturated rings. The molecule has 0 saturated carbocycles. The van der Waals surface area contributed by atoms with Gasteiger partial charge in [-0.15, -0.1) is 0 Å². The molecule has 32 heavy (non-hydrogen) atoms. The number of carbonyl (C=O) groups excluding carboxylic acids is 1. The second kappa shape index (κ2) is 10.5. The van der Waals surface area contributed by atoms with Crippen molar-refractivity contribution in [3.8, 4) is 5.75 Å². The molecule has 1 atom stereocenters. The number of hydrogen-bond donors (Lipinski definition) is 1. The van der Waals surface area contributed by atoms with Crippen LogP contribution in [-0.4, -0.2) is 77.7 Å². The van der Waals surface area contributed by atoms with Crippen LogP contribution in [0.2, 0.25) is 0 Å². The van der Waals surface area contributed by atoms with Crippen LogP contribution in [0.3, 0.4) is 0 Å². The number of benzene rings is 2. The summed E-state index contributed by atoms with van der Waals surface area (Å²) in [5.74, 6) is 0.596. The molecule has 0 spiro atoms.